The molecule has 1 aromatic carbocycles. The van der Waals surface area contributed by atoms with Crippen molar-refractivity contribution in [3.05, 3.63) is 28.3 Å². The van der Waals surface area contributed by atoms with E-state index < -0.39 is 35.2 Å². The molecular formula is C10H7ClF4O2. The van der Waals surface area contributed by atoms with Gasteiger partial charge in [-0.2, -0.15) is 8.78 Å². The Morgan fingerprint density at radius 1 is 1.29 bits per heavy atom. The lowest BCUT2D eigenvalue weighted by atomic mass is 10.1. The van der Waals surface area contributed by atoms with Crippen LogP contribution < -0.4 is 4.74 Å². The van der Waals surface area contributed by atoms with Crippen molar-refractivity contribution >= 4 is 17.4 Å². The maximum Gasteiger partial charge on any atom is 0.387 e. The van der Waals surface area contributed by atoms with Gasteiger partial charge in [-0.15, -0.1) is 0 Å². The second-order valence-corrected chi connectivity index (χ2v) is 3.51. The minimum absolute atomic E-state index is 0.0740. The molecule has 0 aromatic heterocycles. The number of rotatable bonds is 4. The molecule has 0 saturated carbocycles. The number of hydrogen-bond acceptors (Lipinski definition) is 2. The van der Waals surface area contributed by atoms with E-state index in [2.05, 4.69) is 4.74 Å². The zero-order chi connectivity index (χ0) is 13.2. The SMILES string of the molecule is CC(=O)c1cc(Cl)c(C(F)F)c(OC(F)F)c1. The molecule has 1 aromatic rings. The predicted octanol–water partition coefficient (Wildman–Crippen LogP) is 4.08. The summed E-state index contributed by atoms with van der Waals surface area (Å²) in [5.74, 6) is -1.28. The number of ether oxygens (including phenoxy) is 1. The average Bonchev–Trinajstić information content (AvgIpc) is 2.14. The molecule has 7 heteroatoms. The van der Waals surface area contributed by atoms with Crippen molar-refractivity contribution in [2.75, 3.05) is 0 Å². The van der Waals surface area contributed by atoms with Crippen LogP contribution in [0.4, 0.5) is 17.6 Å². The monoisotopic (exact) mass is 270 g/mol. The molecule has 0 saturated heterocycles. The highest BCUT2D eigenvalue weighted by Gasteiger charge is 2.22. The number of Topliss-reactive ketones (excluding diaryl/α,β-unsaturated/α-hetero) is 1. The number of carbonyl (C=O) groups excluding carboxylic acids is 1. The van der Waals surface area contributed by atoms with Crippen LogP contribution in [-0.2, 0) is 0 Å². The number of halogens is 5. The van der Waals surface area contributed by atoms with Gasteiger partial charge in [-0.25, -0.2) is 8.78 Å². The highest BCUT2D eigenvalue weighted by atomic mass is 35.5. The molecule has 0 bridgehead atoms. The van der Waals surface area contributed by atoms with E-state index in [1.807, 2.05) is 0 Å². The van der Waals surface area contributed by atoms with Gasteiger partial charge in [-0.1, -0.05) is 11.6 Å². The van der Waals surface area contributed by atoms with Crippen LogP contribution in [0, 0.1) is 0 Å². The summed E-state index contributed by atoms with van der Waals surface area (Å²) in [7, 11) is 0. The summed E-state index contributed by atoms with van der Waals surface area (Å²) >= 11 is 5.50. The van der Waals surface area contributed by atoms with Gasteiger partial charge in [0.25, 0.3) is 6.43 Å². The first-order chi connectivity index (χ1) is 7.82. The summed E-state index contributed by atoms with van der Waals surface area (Å²) in [5.41, 5.74) is -0.924. The topological polar surface area (TPSA) is 26.3 Å². The Bertz CT molecular complexity index is 435. The quantitative estimate of drug-likeness (QED) is 0.609. The Kier molecular flexibility index (Phi) is 4.34. The van der Waals surface area contributed by atoms with Crippen LogP contribution in [0.3, 0.4) is 0 Å². The van der Waals surface area contributed by atoms with Gasteiger partial charge in [-0.3, -0.25) is 4.79 Å². The zero-order valence-corrected chi connectivity index (χ0v) is 9.27. The normalized spacial score (nSPS) is 11.1. The lowest BCUT2D eigenvalue weighted by Gasteiger charge is -2.13. The lowest BCUT2D eigenvalue weighted by molar-refractivity contribution is -0.0519. The van der Waals surface area contributed by atoms with Gasteiger partial charge < -0.3 is 4.74 Å². The first kappa shape index (κ1) is 13.8. The van der Waals surface area contributed by atoms with Crippen LogP contribution in [0.1, 0.15) is 29.3 Å². The molecule has 0 aliphatic heterocycles. The maximum atomic E-state index is 12.6. The molecule has 0 aliphatic carbocycles. The van der Waals surface area contributed by atoms with Crippen molar-refractivity contribution in [3.8, 4) is 5.75 Å². The van der Waals surface area contributed by atoms with Crippen LogP contribution in [-0.4, -0.2) is 12.4 Å². The summed E-state index contributed by atoms with van der Waals surface area (Å²) in [5, 5.41) is -0.483. The first-order valence-corrected chi connectivity index (χ1v) is 4.78. The van der Waals surface area contributed by atoms with Crippen molar-refractivity contribution in [1.82, 2.24) is 0 Å². The lowest BCUT2D eigenvalue weighted by Crippen LogP contribution is -2.07. The minimum Gasteiger partial charge on any atom is -0.434 e. The first-order valence-electron chi connectivity index (χ1n) is 4.40. The summed E-state index contributed by atoms with van der Waals surface area (Å²) < 4.78 is 53.1. The largest absolute Gasteiger partial charge is 0.434 e. The van der Waals surface area contributed by atoms with Gasteiger partial charge >= 0.3 is 6.61 Å². The molecular weight excluding hydrogens is 264 g/mol. The van der Waals surface area contributed by atoms with E-state index in [-0.39, 0.29) is 5.56 Å². The van der Waals surface area contributed by atoms with Gasteiger partial charge in [0.05, 0.1) is 10.6 Å². The number of hydrogen-bond donors (Lipinski definition) is 0. The van der Waals surface area contributed by atoms with Gasteiger partial charge in [0, 0.05) is 5.56 Å². The van der Waals surface area contributed by atoms with Crippen molar-refractivity contribution in [2.45, 2.75) is 20.0 Å². The van der Waals surface area contributed by atoms with E-state index in [1.54, 1.807) is 0 Å². The third-order valence-corrected chi connectivity index (χ3v) is 2.25. The second-order valence-electron chi connectivity index (χ2n) is 3.11. The van der Waals surface area contributed by atoms with Crippen LogP contribution >= 0.6 is 11.6 Å². The Labute approximate surface area is 99.1 Å². The number of carbonyl (C=O) groups is 1. The molecule has 0 N–H and O–H groups in total. The van der Waals surface area contributed by atoms with Gasteiger partial charge in [0.2, 0.25) is 0 Å². The molecule has 0 atom stereocenters. The van der Waals surface area contributed by atoms with E-state index in [0.29, 0.717) is 0 Å². The molecule has 2 nitrogen and oxygen atoms in total. The van der Waals surface area contributed by atoms with E-state index in [9.17, 15) is 22.4 Å². The van der Waals surface area contributed by atoms with Crippen molar-refractivity contribution in [2.24, 2.45) is 0 Å². The fraction of sp³-hybridized carbons (Fsp3) is 0.300. The fourth-order valence-corrected chi connectivity index (χ4v) is 1.49. The Morgan fingerprint density at radius 2 is 1.88 bits per heavy atom. The second kappa shape index (κ2) is 5.35. The molecule has 0 spiro atoms. The Hall–Kier alpha value is -1.30. The molecule has 0 aliphatic rings. The third kappa shape index (κ3) is 3.33. The molecule has 17 heavy (non-hydrogen) atoms. The molecule has 0 amide bonds. The number of benzene rings is 1. The minimum atomic E-state index is -3.27. The highest BCUT2D eigenvalue weighted by molar-refractivity contribution is 6.32. The van der Waals surface area contributed by atoms with E-state index in [1.165, 1.54) is 0 Å². The van der Waals surface area contributed by atoms with Gasteiger partial charge in [0.15, 0.2) is 5.78 Å². The van der Waals surface area contributed by atoms with Crippen LogP contribution in [0.5, 0.6) is 5.75 Å². The third-order valence-electron chi connectivity index (χ3n) is 1.93. The molecule has 1 rings (SSSR count). The standard InChI is InChI=1S/C10H7ClF4O2/c1-4(16)5-2-6(11)8(9(12)13)7(3-5)17-10(14)15/h2-3,9-10H,1H3. The Morgan fingerprint density at radius 3 is 2.29 bits per heavy atom. The van der Waals surface area contributed by atoms with Crippen molar-refractivity contribution in [3.63, 3.8) is 0 Å². The summed E-state index contributed by atoms with van der Waals surface area (Å²) in [6.07, 6.45) is -3.07. The molecule has 0 fully saturated rings. The van der Waals surface area contributed by atoms with Crippen molar-refractivity contribution < 1.29 is 27.1 Å². The van der Waals surface area contributed by atoms with E-state index in [0.717, 1.165) is 19.1 Å². The van der Waals surface area contributed by atoms with Crippen LogP contribution in [0.15, 0.2) is 12.1 Å². The predicted molar refractivity (Wildman–Crippen MR) is 53.0 cm³/mol. The van der Waals surface area contributed by atoms with Gasteiger partial charge in [0.1, 0.15) is 5.75 Å². The van der Waals surface area contributed by atoms with Crippen molar-refractivity contribution in [1.29, 1.82) is 0 Å². The molecule has 0 radical (unpaired) electrons. The summed E-state index contributed by atoms with van der Waals surface area (Å²) in [6, 6.07) is 1.81. The Balaban J connectivity index is 3.33. The van der Waals surface area contributed by atoms with Crippen LogP contribution in [0.25, 0.3) is 0 Å². The molecule has 0 heterocycles. The molecule has 0 unspecified atom stereocenters. The van der Waals surface area contributed by atoms with E-state index in [4.69, 9.17) is 11.6 Å². The highest BCUT2D eigenvalue weighted by Crippen LogP contribution is 2.37. The maximum absolute atomic E-state index is 12.6. The van der Waals surface area contributed by atoms with E-state index >= 15 is 0 Å². The summed E-state index contributed by atoms with van der Waals surface area (Å²) in [6.45, 7) is -2.12. The van der Waals surface area contributed by atoms with Crippen LogP contribution in [0.2, 0.25) is 5.02 Å². The number of alkyl halides is 4. The van der Waals surface area contributed by atoms with Gasteiger partial charge in [-0.05, 0) is 19.1 Å². The number of ketones is 1. The molecule has 94 valence electrons. The smallest absolute Gasteiger partial charge is 0.387 e. The summed E-state index contributed by atoms with van der Waals surface area (Å²) in [4.78, 5) is 11.0. The fourth-order valence-electron chi connectivity index (χ4n) is 1.20. The average molecular weight is 271 g/mol. The zero-order valence-electron chi connectivity index (χ0n) is 8.52.